The maximum atomic E-state index is 13.0. The van der Waals surface area contributed by atoms with Gasteiger partial charge in [-0.15, -0.1) is 0 Å². The van der Waals surface area contributed by atoms with Crippen LogP contribution < -0.4 is 5.32 Å². The molecule has 3 fully saturated rings. The van der Waals surface area contributed by atoms with Gasteiger partial charge in [0.05, 0.1) is 28.3 Å². The summed E-state index contributed by atoms with van der Waals surface area (Å²) < 4.78 is 38.2. The molecule has 1 aromatic rings. The van der Waals surface area contributed by atoms with Gasteiger partial charge in [0.25, 0.3) is 0 Å². The summed E-state index contributed by atoms with van der Waals surface area (Å²) in [5.74, 6) is -4.24. The highest BCUT2D eigenvalue weighted by atomic mass is 35.5. The third-order valence-corrected chi connectivity index (χ3v) is 7.09. The lowest BCUT2D eigenvalue weighted by Gasteiger charge is -2.29. The zero-order valence-corrected chi connectivity index (χ0v) is 16.9. The predicted octanol–water partition coefficient (Wildman–Crippen LogP) is 1.87. The van der Waals surface area contributed by atoms with Gasteiger partial charge in [-0.1, -0.05) is 16.8 Å². The van der Waals surface area contributed by atoms with Gasteiger partial charge >= 0.3 is 12.1 Å². The van der Waals surface area contributed by atoms with Gasteiger partial charge in [-0.25, -0.2) is 9.78 Å². The number of fused-ring (bicyclic) bond motifs is 8. The van der Waals surface area contributed by atoms with Crippen LogP contribution in [0.1, 0.15) is 12.0 Å². The first-order valence-electron chi connectivity index (χ1n) is 9.88. The number of imide groups is 1. The number of amides is 2. The number of carbonyl (C=O) groups is 3. The molecule has 1 aromatic heterocycles. The minimum absolute atomic E-state index is 0.00395. The fourth-order valence-electron chi connectivity index (χ4n) is 5.59. The summed E-state index contributed by atoms with van der Waals surface area (Å²) in [4.78, 5) is 47.5. The highest BCUT2D eigenvalue weighted by Crippen LogP contribution is 2.61. The second-order valence-electron chi connectivity index (χ2n) is 8.30. The topological polar surface area (TPSA) is 121 Å². The molecule has 3 heterocycles. The molecule has 5 rings (SSSR count). The number of anilines is 1. The van der Waals surface area contributed by atoms with Gasteiger partial charge in [0.15, 0.2) is 5.71 Å². The van der Waals surface area contributed by atoms with Gasteiger partial charge in [-0.2, -0.15) is 13.2 Å². The van der Waals surface area contributed by atoms with Crippen LogP contribution in [0, 0.1) is 29.6 Å². The van der Waals surface area contributed by atoms with Gasteiger partial charge < -0.3 is 15.3 Å². The fraction of sp³-hybridized carbons (Fsp3) is 0.526. The molecule has 2 aliphatic heterocycles. The fourth-order valence-corrected chi connectivity index (χ4v) is 5.83. The number of alkyl halides is 3. The molecule has 1 saturated heterocycles. The van der Waals surface area contributed by atoms with Crippen molar-refractivity contribution in [2.45, 2.75) is 18.7 Å². The summed E-state index contributed by atoms with van der Waals surface area (Å²) in [6.45, 7) is 0.00867. The predicted molar refractivity (Wildman–Crippen MR) is 101 cm³/mol. The first-order chi connectivity index (χ1) is 15.1. The Labute approximate surface area is 183 Å². The molecule has 2 amide bonds. The lowest BCUT2D eigenvalue weighted by Crippen LogP contribution is -2.42. The second-order valence-corrected chi connectivity index (χ2v) is 8.71. The number of aliphatic carboxylic acids is 1. The average molecular weight is 473 g/mol. The number of likely N-dealkylation sites (tertiary alicyclic amines) is 1. The summed E-state index contributed by atoms with van der Waals surface area (Å²) in [6, 6.07) is 0.742. The van der Waals surface area contributed by atoms with Crippen LogP contribution in [0.5, 0.6) is 0 Å². The van der Waals surface area contributed by atoms with E-state index in [4.69, 9.17) is 16.4 Å². The smallest absolute Gasteiger partial charge is 0.417 e. The van der Waals surface area contributed by atoms with Crippen molar-refractivity contribution in [3.05, 3.63) is 22.8 Å². The lowest BCUT2D eigenvalue weighted by molar-refractivity contribution is -0.141. The molecule has 170 valence electrons. The number of aromatic nitrogens is 1. The van der Waals surface area contributed by atoms with Crippen LogP contribution in [0.4, 0.5) is 19.0 Å². The normalized spacial score (nSPS) is 32.6. The van der Waals surface area contributed by atoms with E-state index in [2.05, 4.69) is 15.5 Å². The highest BCUT2D eigenvalue weighted by Gasteiger charge is 2.70. The van der Waals surface area contributed by atoms with Gasteiger partial charge in [0.1, 0.15) is 11.9 Å². The molecular weight excluding hydrogens is 457 g/mol. The number of oxime groups is 1. The molecular formula is C19H16ClF3N4O5. The Morgan fingerprint density at radius 1 is 1.25 bits per heavy atom. The molecule has 2 N–H and O–H groups in total. The average Bonchev–Trinajstić information content (AvgIpc) is 3.44. The number of carbonyl (C=O) groups excluding carboxylic acids is 2. The monoisotopic (exact) mass is 472 g/mol. The second kappa shape index (κ2) is 7.06. The molecule has 2 bridgehead atoms. The van der Waals surface area contributed by atoms with Crippen LogP contribution in [0.3, 0.4) is 0 Å². The van der Waals surface area contributed by atoms with Gasteiger partial charge in [-0.05, 0) is 18.4 Å². The number of carboxylic acids is 1. The Balaban J connectivity index is 1.26. The number of carboxylic acid groups (broad SMARTS) is 1. The maximum Gasteiger partial charge on any atom is 0.417 e. The first kappa shape index (κ1) is 21.0. The first-order valence-corrected chi connectivity index (χ1v) is 10.3. The lowest BCUT2D eigenvalue weighted by atomic mass is 9.72. The van der Waals surface area contributed by atoms with Crippen molar-refractivity contribution in [1.82, 2.24) is 9.88 Å². The number of hydrogen-bond donors (Lipinski definition) is 2. The minimum atomic E-state index is -4.58. The third kappa shape index (κ3) is 2.95. The Morgan fingerprint density at radius 2 is 1.94 bits per heavy atom. The van der Waals surface area contributed by atoms with E-state index in [0.717, 1.165) is 11.0 Å². The summed E-state index contributed by atoms with van der Waals surface area (Å²) >= 11 is 5.86. The van der Waals surface area contributed by atoms with E-state index < -0.39 is 41.6 Å². The number of rotatable bonds is 5. The van der Waals surface area contributed by atoms with E-state index in [9.17, 15) is 32.7 Å². The Hall–Kier alpha value is -2.89. The van der Waals surface area contributed by atoms with Crippen molar-refractivity contribution in [2.75, 3.05) is 18.4 Å². The number of pyridine rings is 1. The van der Waals surface area contributed by atoms with Gasteiger partial charge in [0.2, 0.25) is 11.8 Å². The van der Waals surface area contributed by atoms with Crippen LogP contribution >= 0.6 is 11.6 Å². The molecule has 32 heavy (non-hydrogen) atoms. The van der Waals surface area contributed by atoms with E-state index >= 15 is 0 Å². The molecule has 0 aromatic carbocycles. The van der Waals surface area contributed by atoms with E-state index in [1.54, 1.807) is 0 Å². The Morgan fingerprint density at radius 3 is 2.56 bits per heavy atom. The zero-order valence-electron chi connectivity index (χ0n) is 16.2. The molecule has 0 unspecified atom stereocenters. The van der Waals surface area contributed by atoms with Crippen LogP contribution in [0.25, 0.3) is 0 Å². The molecule has 4 aliphatic rings. The molecule has 13 heteroatoms. The van der Waals surface area contributed by atoms with Gasteiger partial charge in [-0.3, -0.25) is 14.5 Å². The molecule has 9 nitrogen and oxygen atoms in total. The number of halogens is 4. The minimum Gasteiger partial charge on any atom is -0.477 e. The maximum absolute atomic E-state index is 13.0. The van der Waals surface area contributed by atoms with Crippen molar-refractivity contribution < 1.29 is 37.5 Å². The molecule has 6 atom stereocenters. The van der Waals surface area contributed by atoms with E-state index in [1.165, 1.54) is 0 Å². The standard InChI is InChI=1S/C19H16ClF3N4O5/c20-9-3-6(19(21,22)23)5-25-15(9)24-1-2-27-16(28)10-7-4-8(11(10)17(27)29)14-12(7)13(18(30)31)26-32-14/h3,5,7-8,10-12,14H,1-2,4H2,(H,24,25)(H,30,31)/t7-,8+,10-,11-,12-,14-/m1/s1. The highest BCUT2D eigenvalue weighted by molar-refractivity contribution is 6.37. The quantitative estimate of drug-likeness (QED) is 0.627. The summed E-state index contributed by atoms with van der Waals surface area (Å²) in [5, 5.41) is 15.5. The molecule has 0 radical (unpaired) electrons. The number of nitrogens with one attached hydrogen (secondary N) is 1. The van der Waals surface area contributed by atoms with Crippen molar-refractivity contribution in [2.24, 2.45) is 34.7 Å². The Kier molecular flexibility index (Phi) is 4.63. The SMILES string of the molecule is O=C(O)C1=NO[C@@H]2[C@H]3C[C@H]([C@H]4C(=O)N(CCNc5ncc(C(F)(F)F)cc5Cl)C(=O)[C@H]34)[C@H]12. The third-order valence-electron chi connectivity index (χ3n) is 6.80. The summed E-state index contributed by atoms with van der Waals surface area (Å²) in [5.41, 5.74) is -1.09. The van der Waals surface area contributed by atoms with E-state index in [1.807, 2.05) is 0 Å². The number of nitrogens with zero attached hydrogens (tertiary/aromatic N) is 3. The van der Waals surface area contributed by atoms with Crippen LogP contribution in [0.2, 0.25) is 5.02 Å². The largest absolute Gasteiger partial charge is 0.477 e. The van der Waals surface area contributed by atoms with Crippen LogP contribution in [0.15, 0.2) is 17.4 Å². The van der Waals surface area contributed by atoms with E-state index in [0.29, 0.717) is 12.6 Å². The van der Waals surface area contributed by atoms with Crippen molar-refractivity contribution in [1.29, 1.82) is 0 Å². The molecule has 2 aliphatic carbocycles. The van der Waals surface area contributed by atoms with Gasteiger partial charge in [0, 0.05) is 25.2 Å². The summed E-state index contributed by atoms with van der Waals surface area (Å²) in [7, 11) is 0. The Bertz CT molecular complexity index is 1060. The van der Waals surface area contributed by atoms with E-state index in [-0.39, 0.29) is 53.3 Å². The van der Waals surface area contributed by atoms with Crippen LogP contribution in [-0.4, -0.2) is 57.7 Å². The number of hydrogen-bond acceptors (Lipinski definition) is 7. The van der Waals surface area contributed by atoms with Crippen molar-refractivity contribution in [3.63, 3.8) is 0 Å². The van der Waals surface area contributed by atoms with Crippen molar-refractivity contribution >= 4 is 40.9 Å². The molecule has 0 spiro atoms. The summed E-state index contributed by atoms with van der Waals surface area (Å²) in [6.07, 6.45) is -3.92. The van der Waals surface area contributed by atoms with Crippen LogP contribution in [-0.2, 0) is 25.4 Å². The zero-order chi connectivity index (χ0) is 22.9. The molecule has 2 saturated carbocycles. The van der Waals surface area contributed by atoms with Crippen molar-refractivity contribution in [3.8, 4) is 0 Å².